The molecule has 49 heavy (non-hydrogen) atoms. The third kappa shape index (κ3) is 31.0. The van der Waals surface area contributed by atoms with Crippen LogP contribution in [0.25, 0.3) is 0 Å². The van der Waals surface area contributed by atoms with Crippen molar-refractivity contribution in [2.75, 3.05) is 41.0 Å². The first-order valence-corrected chi connectivity index (χ1v) is 19.2. The lowest BCUT2D eigenvalue weighted by Crippen LogP contribution is -2.50. The summed E-state index contributed by atoms with van der Waals surface area (Å²) in [7, 11) is 5.50. The topological polar surface area (TPSA) is 99.1 Å². The van der Waals surface area contributed by atoms with Gasteiger partial charge in [0, 0.05) is 19.3 Å². The molecule has 0 spiro atoms. The van der Waals surface area contributed by atoms with Gasteiger partial charge in [0.25, 0.3) is 0 Å². The highest BCUT2D eigenvalue weighted by Crippen LogP contribution is 2.12. The van der Waals surface area contributed by atoms with Gasteiger partial charge in [-0.25, -0.2) is 4.79 Å². The molecule has 0 aliphatic rings. The summed E-state index contributed by atoms with van der Waals surface area (Å²) in [5.74, 6) is -1.54. The minimum atomic E-state index is -0.883. The number of hydrogen-bond acceptors (Lipinski definition) is 6. The van der Waals surface area contributed by atoms with Crippen LogP contribution < -0.4 is 0 Å². The van der Waals surface area contributed by atoms with Gasteiger partial charge in [-0.2, -0.15) is 0 Å². The summed E-state index contributed by atoms with van der Waals surface area (Å²) in [5.41, 5.74) is 0. The number of likely N-dealkylation sites (N-methyl/N-ethyl adjacent to an activating group) is 1. The normalized spacial score (nSPS) is 13.6. The molecule has 0 amide bonds. The summed E-state index contributed by atoms with van der Waals surface area (Å²) in [5, 5.41) is 9.57. The number of ether oxygens (including phenoxy) is 3. The van der Waals surface area contributed by atoms with Crippen molar-refractivity contribution >= 4 is 17.9 Å². The minimum absolute atomic E-state index is 0.0459. The average Bonchev–Trinajstić information content (AvgIpc) is 3.05. The number of carbonyl (C=O) groups excluding carboxylic acids is 2. The Labute approximate surface area is 299 Å². The van der Waals surface area contributed by atoms with E-state index in [1.165, 1.54) is 38.5 Å². The lowest BCUT2D eigenvalue weighted by Gasteiger charge is -2.31. The lowest BCUT2D eigenvalue weighted by atomic mass is 10.1. The Morgan fingerprint density at radius 3 is 1.78 bits per heavy atom. The highest BCUT2D eigenvalue weighted by Gasteiger charge is 2.31. The van der Waals surface area contributed by atoms with Crippen LogP contribution >= 0.6 is 0 Å². The van der Waals surface area contributed by atoms with Crippen LogP contribution in [0.5, 0.6) is 0 Å². The van der Waals surface area contributed by atoms with E-state index in [4.69, 9.17) is 14.2 Å². The van der Waals surface area contributed by atoms with Crippen molar-refractivity contribution in [2.45, 2.75) is 154 Å². The fourth-order valence-electron chi connectivity index (χ4n) is 5.22. The van der Waals surface area contributed by atoms with E-state index in [9.17, 15) is 19.5 Å². The van der Waals surface area contributed by atoms with Gasteiger partial charge in [-0.05, 0) is 64.2 Å². The molecule has 0 aliphatic carbocycles. The van der Waals surface area contributed by atoms with Gasteiger partial charge in [0.1, 0.15) is 6.61 Å². The summed E-state index contributed by atoms with van der Waals surface area (Å²) in [6, 6.07) is -0.619. The molecule has 0 aromatic carbocycles. The van der Waals surface area contributed by atoms with Crippen molar-refractivity contribution in [2.24, 2.45) is 0 Å². The maximum absolute atomic E-state index is 12.6. The first kappa shape index (κ1) is 46.3. The number of nitrogens with zero attached hydrogens (tertiary/aromatic N) is 1. The van der Waals surface area contributed by atoms with Crippen molar-refractivity contribution in [3.05, 3.63) is 48.6 Å². The number of allylic oxidation sites excluding steroid dienone is 8. The Bertz CT molecular complexity index is 948. The Morgan fingerprint density at radius 2 is 1.16 bits per heavy atom. The molecule has 0 aliphatic heterocycles. The van der Waals surface area contributed by atoms with E-state index >= 15 is 0 Å². The molecule has 0 heterocycles. The number of unbranched alkanes of at least 4 members (excludes halogenated alkanes) is 11. The molecule has 8 heteroatoms. The zero-order valence-electron chi connectivity index (χ0n) is 31.9. The molecule has 0 fully saturated rings. The van der Waals surface area contributed by atoms with Crippen molar-refractivity contribution in [3.63, 3.8) is 0 Å². The second-order valence-corrected chi connectivity index (χ2v) is 13.8. The first-order chi connectivity index (χ1) is 23.6. The van der Waals surface area contributed by atoms with Gasteiger partial charge in [-0.3, -0.25) is 9.59 Å². The van der Waals surface area contributed by atoms with Gasteiger partial charge in [-0.1, -0.05) is 107 Å². The van der Waals surface area contributed by atoms with Crippen LogP contribution in [0.3, 0.4) is 0 Å². The summed E-state index contributed by atoms with van der Waals surface area (Å²) in [4.78, 5) is 36.7. The average molecular weight is 691 g/mol. The van der Waals surface area contributed by atoms with Crippen molar-refractivity contribution in [3.8, 4) is 0 Å². The number of esters is 2. The van der Waals surface area contributed by atoms with Crippen LogP contribution in [0, 0.1) is 0 Å². The molecule has 0 bridgehead atoms. The molecule has 0 rings (SSSR count). The van der Waals surface area contributed by atoms with Crippen molar-refractivity contribution in [1.29, 1.82) is 0 Å². The Morgan fingerprint density at radius 1 is 0.633 bits per heavy atom. The minimum Gasteiger partial charge on any atom is -0.477 e. The van der Waals surface area contributed by atoms with Gasteiger partial charge >= 0.3 is 17.9 Å². The molecule has 282 valence electrons. The molecule has 0 saturated carbocycles. The highest BCUT2D eigenvalue weighted by molar-refractivity contribution is 5.72. The molecule has 0 aromatic heterocycles. The third-order valence-corrected chi connectivity index (χ3v) is 8.21. The Balaban J connectivity index is 4.45. The molecule has 8 nitrogen and oxygen atoms in total. The molecule has 2 unspecified atom stereocenters. The van der Waals surface area contributed by atoms with Crippen molar-refractivity contribution < 1.29 is 38.2 Å². The monoisotopic (exact) mass is 691 g/mol. The van der Waals surface area contributed by atoms with Gasteiger partial charge in [0.2, 0.25) is 0 Å². The van der Waals surface area contributed by atoms with E-state index in [0.717, 1.165) is 64.2 Å². The largest absolute Gasteiger partial charge is 0.477 e. The van der Waals surface area contributed by atoms with E-state index in [0.29, 0.717) is 25.7 Å². The number of carbonyl (C=O) groups is 3. The molecular formula is C41H72NO7+. The Kier molecular flexibility index (Phi) is 30.7. The summed E-state index contributed by atoms with van der Waals surface area (Å²) in [6.07, 6.45) is 35.9. The van der Waals surface area contributed by atoms with Crippen molar-refractivity contribution in [1.82, 2.24) is 0 Å². The second kappa shape index (κ2) is 32.5. The van der Waals surface area contributed by atoms with E-state index < -0.39 is 18.1 Å². The number of quaternary nitrogens is 1. The number of hydrogen-bond donors (Lipinski definition) is 1. The third-order valence-electron chi connectivity index (χ3n) is 8.21. The van der Waals surface area contributed by atoms with E-state index in [2.05, 4.69) is 62.5 Å². The van der Waals surface area contributed by atoms with Gasteiger partial charge in [-0.15, -0.1) is 0 Å². The van der Waals surface area contributed by atoms with E-state index in [1.807, 2.05) is 21.1 Å². The number of rotatable bonds is 33. The molecule has 0 radical (unpaired) electrons. The molecule has 0 aromatic rings. The predicted molar refractivity (Wildman–Crippen MR) is 201 cm³/mol. The van der Waals surface area contributed by atoms with Gasteiger partial charge < -0.3 is 23.8 Å². The SMILES string of the molecule is CC/C=C/C/C=C/C/C=C/CCCCCCCCC(=O)OC(COCCC(C(=O)O)[N+](C)(C)C)COC(=O)CCC/C=C/CCCCCC. The van der Waals surface area contributed by atoms with E-state index in [-0.39, 0.29) is 36.2 Å². The zero-order valence-corrected chi connectivity index (χ0v) is 31.9. The lowest BCUT2D eigenvalue weighted by molar-refractivity contribution is -0.887. The van der Waals surface area contributed by atoms with Crippen LogP contribution in [-0.4, -0.2) is 80.6 Å². The van der Waals surface area contributed by atoms with Crippen LogP contribution in [0.4, 0.5) is 0 Å². The molecular weight excluding hydrogens is 618 g/mol. The zero-order chi connectivity index (χ0) is 36.4. The first-order valence-electron chi connectivity index (χ1n) is 19.2. The quantitative estimate of drug-likeness (QED) is 0.0317. The van der Waals surface area contributed by atoms with E-state index in [1.54, 1.807) is 0 Å². The molecule has 1 N–H and O–H groups in total. The summed E-state index contributed by atoms with van der Waals surface area (Å²) < 4.78 is 17.1. The fraction of sp³-hybridized carbons (Fsp3) is 0.732. The molecule has 2 atom stereocenters. The van der Waals surface area contributed by atoms with Crippen LogP contribution in [0.15, 0.2) is 48.6 Å². The number of carboxylic acids is 1. The van der Waals surface area contributed by atoms with Gasteiger partial charge in [0.05, 0.1) is 34.4 Å². The van der Waals surface area contributed by atoms with Gasteiger partial charge in [0.15, 0.2) is 12.1 Å². The van der Waals surface area contributed by atoms with Crippen LogP contribution in [-0.2, 0) is 28.6 Å². The Hall–Kier alpha value is -2.71. The predicted octanol–water partition coefficient (Wildman–Crippen LogP) is 9.68. The maximum Gasteiger partial charge on any atom is 0.362 e. The molecule has 0 saturated heterocycles. The standard InChI is InChI=1S/C41H71NO7/c1-6-8-10-12-14-16-17-18-19-20-21-22-24-26-28-30-32-40(44)49-37(35-47-34-33-38(41(45)46)42(3,4)5)36-48-39(43)31-29-27-25-23-15-13-11-9-7-2/h8,10,14,16,18-19,23,25,37-38H,6-7,9,11-13,15,17,20-22,24,26-36H2,1-5H3/p+1/b10-8+,16-14+,19-18+,25-23+. The summed E-state index contributed by atoms with van der Waals surface area (Å²) >= 11 is 0. The maximum atomic E-state index is 12.6. The van der Waals surface area contributed by atoms with Crippen LogP contribution in [0.2, 0.25) is 0 Å². The second-order valence-electron chi connectivity index (χ2n) is 13.8. The smallest absolute Gasteiger partial charge is 0.362 e. The summed E-state index contributed by atoms with van der Waals surface area (Å²) in [6.45, 7) is 4.52. The fourth-order valence-corrected chi connectivity index (χ4v) is 5.22. The number of carboxylic acid groups (broad SMARTS) is 1. The number of aliphatic carboxylic acids is 1. The highest BCUT2D eigenvalue weighted by atomic mass is 16.6. The van der Waals surface area contributed by atoms with Crippen LogP contribution in [0.1, 0.15) is 142 Å².